The molecule has 3 nitrogen and oxygen atoms in total. The van der Waals surface area contributed by atoms with Crippen molar-refractivity contribution in [3.63, 3.8) is 0 Å². The fourth-order valence-corrected chi connectivity index (χ4v) is 1.73. The zero-order chi connectivity index (χ0) is 12.7. The Morgan fingerprint density at radius 3 is 2.59 bits per heavy atom. The average Bonchev–Trinajstić information content (AvgIpc) is 2.29. The highest BCUT2D eigenvalue weighted by Gasteiger charge is 2.10. The number of nitrogens with two attached hydrogens (primary N) is 1. The van der Waals surface area contributed by atoms with E-state index in [-0.39, 0.29) is 18.0 Å². The van der Waals surface area contributed by atoms with Crippen molar-refractivity contribution in [2.24, 2.45) is 5.73 Å². The fourth-order valence-electron chi connectivity index (χ4n) is 1.73. The lowest BCUT2D eigenvalue weighted by molar-refractivity contribution is -0.122. The van der Waals surface area contributed by atoms with Gasteiger partial charge >= 0.3 is 0 Å². The first-order chi connectivity index (χ1) is 8.11. The lowest BCUT2D eigenvalue weighted by atomic mass is 10.1. The molecule has 0 aliphatic rings. The summed E-state index contributed by atoms with van der Waals surface area (Å²) in [6.07, 6.45) is 2.10. The summed E-state index contributed by atoms with van der Waals surface area (Å²) in [7, 11) is 0. The number of benzene rings is 1. The Balaban J connectivity index is 2.34. The standard InChI is InChI=1S/C14H22N2O/c1-3-13(15)10-14(17)16-11(2)9-12-7-5-4-6-8-12/h4-8,11,13H,3,9-10,15H2,1-2H3,(H,16,17). The third-order valence-corrected chi connectivity index (χ3v) is 2.76. The van der Waals surface area contributed by atoms with Crippen LogP contribution in [-0.4, -0.2) is 18.0 Å². The summed E-state index contributed by atoms with van der Waals surface area (Å²) in [6.45, 7) is 4.01. The van der Waals surface area contributed by atoms with E-state index in [1.807, 2.05) is 32.0 Å². The Morgan fingerprint density at radius 2 is 2.00 bits per heavy atom. The van der Waals surface area contributed by atoms with Crippen molar-refractivity contribution in [3.05, 3.63) is 35.9 Å². The van der Waals surface area contributed by atoms with Crippen molar-refractivity contribution in [1.82, 2.24) is 5.32 Å². The number of hydrogen-bond donors (Lipinski definition) is 2. The number of hydrogen-bond acceptors (Lipinski definition) is 2. The summed E-state index contributed by atoms with van der Waals surface area (Å²) < 4.78 is 0. The molecule has 1 rings (SSSR count). The molecule has 1 aromatic rings. The van der Waals surface area contributed by atoms with E-state index in [0.717, 1.165) is 12.8 Å². The van der Waals surface area contributed by atoms with Gasteiger partial charge in [0.05, 0.1) is 0 Å². The Hall–Kier alpha value is -1.35. The molecule has 2 unspecified atom stereocenters. The van der Waals surface area contributed by atoms with Gasteiger partial charge in [-0.2, -0.15) is 0 Å². The third kappa shape index (κ3) is 5.50. The van der Waals surface area contributed by atoms with Gasteiger partial charge in [0.2, 0.25) is 5.91 Å². The second-order valence-electron chi connectivity index (χ2n) is 4.53. The van der Waals surface area contributed by atoms with Gasteiger partial charge in [-0.15, -0.1) is 0 Å². The van der Waals surface area contributed by atoms with Crippen LogP contribution in [0.5, 0.6) is 0 Å². The monoisotopic (exact) mass is 234 g/mol. The van der Waals surface area contributed by atoms with Crippen molar-refractivity contribution in [3.8, 4) is 0 Å². The molecular weight excluding hydrogens is 212 g/mol. The molecule has 3 N–H and O–H groups in total. The van der Waals surface area contributed by atoms with Gasteiger partial charge in [-0.25, -0.2) is 0 Å². The Bertz CT molecular complexity index is 337. The number of amides is 1. The van der Waals surface area contributed by atoms with Gasteiger partial charge < -0.3 is 11.1 Å². The summed E-state index contributed by atoms with van der Waals surface area (Å²) in [5.74, 6) is 0.0442. The van der Waals surface area contributed by atoms with E-state index in [1.165, 1.54) is 5.56 Å². The van der Waals surface area contributed by atoms with Gasteiger partial charge in [-0.1, -0.05) is 37.3 Å². The summed E-state index contributed by atoms with van der Waals surface area (Å²) in [4.78, 5) is 11.6. The lowest BCUT2D eigenvalue weighted by Crippen LogP contribution is -2.37. The lowest BCUT2D eigenvalue weighted by Gasteiger charge is -2.15. The highest BCUT2D eigenvalue weighted by Crippen LogP contribution is 2.03. The normalized spacial score (nSPS) is 14.1. The number of rotatable bonds is 6. The van der Waals surface area contributed by atoms with Crippen LogP contribution in [0.3, 0.4) is 0 Å². The van der Waals surface area contributed by atoms with Gasteiger partial charge in [0.15, 0.2) is 0 Å². The molecule has 0 aromatic heterocycles. The van der Waals surface area contributed by atoms with E-state index >= 15 is 0 Å². The first kappa shape index (κ1) is 13.7. The minimum Gasteiger partial charge on any atom is -0.353 e. The average molecular weight is 234 g/mol. The van der Waals surface area contributed by atoms with Gasteiger partial charge in [-0.3, -0.25) is 4.79 Å². The Labute approximate surface area is 103 Å². The summed E-state index contributed by atoms with van der Waals surface area (Å²) in [5.41, 5.74) is 6.98. The van der Waals surface area contributed by atoms with Crippen LogP contribution in [0.25, 0.3) is 0 Å². The smallest absolute Gasteiger partial charge is 0.221 e. The van der Waals surface area contributed by atoms with E-state index in [4.69, 9.17) is 5.73 Å². The van der Waals surface area contributed by atoms with Crippen LogP contribution >= 0.6 is 0 Å². The molecule has 2 atom stereocenters. The third-order valence-electron chi connectivity index (χ3n) is 2.76. The van der Waals surface area contributed by atoms with Crippen molar-refractivity contribution in [1.29, 1.82) is 0 Å². The topological polar surface area (TPSA) is 55.1 Å². The maximum atomic E-state index is 11.6. The van der Waals surface area contributed by atoms with Crippen LogP contribution in [-0.2, 0) is 11.2 Å². The van der Waals surface area contributed by atoms with Gasteiger partial charge in [0, 0.05) is 18.5 Å². The van der Waals surface area contributed by atoms with Crippen LogP contribution in [0.4, 0.5) is 0 Å². The van der Waals surface area contributed by atoms with Crippen LogP contribution in [0.1, 0.15) is 32.3 Å². The Kier molecular flexibility index (Phi) is 5.70. The van der Waals surface area contributed by atoms with Crippen molar-refractivity contribution < 1.29 is 4.79 Å². The maximum absolute atomic E-state index is 11.6. The predicted octanol–water partition coefficient (Wildman–Crippen LogP) is 1.86. The summed E-state index contributed by atoms with van der Waals surface area (Å²) in [6, 6.07) is 10.3. The fraction of sp³-hybridized carbons (Fsp3) is 0.500. The number of carbonyl (C=O) groups excluding carboxylic acids is 1. The van der Waals surface area contributed by atoms with E-state index in [2.05, 4.69) is 17.4 Å². The molecule has 3 heteroatoms. The molecule has 0 bridgehead atoms. The largest absolute Gasteiger partial charge is 0.353 e. The van der Waals surface area contributed by atoms with Gasteiger partial charge in [0.1, 0.15) is 0 Å². The molecular formula is C14H22N2O. The maximum Gasteiger partial charge on any atom is 0.221 e. The van der Waals surface area contributed by atoms with Gasteiger partial charge in [0.25, 0.3) is 0 Å². The molecule has 0 heterocycles. The molecule has 0 spiro atoms. The van der Waals surface area contributed by atoms with E-state index < -0.39 is 0 Å². The van der Waals surface area contributed by atoms with Crippen LogP contribution in [0, 0.1) is 0 Å². The van der Waals surface area contributed by atoms with E-state index in [9.17, 15) is 4.79 Å². The molecule has 0 fully saturated rings. The van der Waals surface area contributed by atoms with Crippen LogP contribution < -0.4 is 11.1 Å². The molecule has 0 saturated heterocycles. The van der Waals surface area contributed by atoms with Crippen molar-refractivity contribution >= 4 is 5.91 Å². The minimum atomic E-state index is -0.0288. The molecule has 0 radical (unpaired) electrons. The predicted molar refractivity (Wildman–Crippen MR) is 70.6 cm³/mol. The van der Waals surface area contributed by atoms with Crippen LogP contribution in [0.15, 0.2) is 30.3 Å². The first-order valence-corrected chi connectivity index (χ1v) is 6.20. The number of carbonyl (C=O) groups is 1. The molecule has 1 aromatic carbocycles. The zero-order valence-electron chi connectivity index (χ0n) is 10.6. The van der Waals surface area contributed by atoms with Crippen molar-refractivity contribution in [2.45, 2.75) is 45.2 Å². The van der Waals surface area contributed by atoms with Crippen LogP contribution in [0.2, 0.25) is 0 Å². The highest BCUT2D eigenvalue weighted by molar-refractivity contribution is 5.76. The molecule has 17 heavy (non-hydrogen) atoms. The van der Waals surface area contributed by atoms with Crippen molar-refractivity contribution in [2.75, 3.05) is 0 Å². The molecule has 0 aliphatic carbocycles. The second kappa shape index (κ2) is 7.07. The van der Waals surface area contributed by atoms with E-state index in [1.54, 1.807) is 0 Å². The number of nitrogens with one attached hydrogen (secondary N) is 1. The molecule has 0 aliphatic heterocycles. The second-order valence-corrected chi connectivity index (χ2v) is 4.53. The summed E-state index contributed by atoms with van der Waals surface area (Å²) in [5, 5.41) is 2.97. The first-order valence-electron chi connectivity index (χ1n) is 6.20. The summed E-state index contributed by atoms with van der Waals surface area (Å²) >= 11 is 0. The SMILES string of the molecule is CCC(N)CC(=O)NC(C)Cc1ccccc1. The minimum absolute atomic E-state index is 0.0288. The molecule has 0 saturated carbocycles. The van der Waals surface area contributed by atoms with E-state index in [0.29, 0.717) is 6.42 Å². The quantitative estimate of drug-likeness (QED) is 0.789. The van der Waals surface area contributed by atoms with Gasteiger partial charge in [-0.05, 0) is 25.3 Å². The molecule has 94 valence electrons. The zero-order valence-corrected chi connectivity index (χ0v) is 10.6. The molecule has 1 amide bonds. The highest BCUT2D eigenvalue weighted by atomic mass is 16.1. The Morgan fingerprint density at radius 1 is 1.35 bits per heavy atom.